The molecule has 0 unspecified atom stereocenters. The number of aromatic nitrogens is 2. The summed E-state index contributed by atoms with van der Waals surface area (Å²) in [5.41, 5.74) is 0.263. The second-order valence-electron chi connectivity index (χ2n) is 6.75. The molecule has 22 heavy (non-hydrogen) atoms. The van der Waals surface area contributed by atoms with Crippen LogP contribution in [0.1, 0.15) is 29.8 Å². The number of piperidine rings is 1. The molecule has 0 saturated carbocycles. The number of ether oxygens (including phenoxy) is 1. The van der Waals surface area contributed by atoms with Crippen molar-refractivity contribution in [1.29, 1.82) is 0 Å². The molecule has 2 fully saturated rings. The number of rotatable bonds is 3. The largest absolute Gasteiger partial charge is 0.373 e. The molecule has 2 atom stereocenters. The molecule has 3 rings (SSSR count). The molecule has 1 spiro atoms. The summed E-state index contributed by atoms with van der Waals surface area (Å²) in [5, 5.41) is 0. The summed E-state index contributed by atoms with van der Waals surface area (Å²) < 4.78 is 6.15. The zero-order chi connectivity index (χ0) is 15.6. The molecule has 0 radical (unpaired) electrons. The van der Waals surface area contributed by atoms with Gasteiger partial charge in [0.15, 0.2) is 0 Å². The maximum Gasteiger partial charge on any atom is 0.274 e. The number of nitrogens with zero attached hydrogens (tertiary/aromatic N) is 4. The summed E-state index contributed by atoms with van der Waals surface area (Å²) in [4.78, 5) is 24.8. The second-order valence-corrected chi connectivity index (χ2v) is 6.75. The van der Waals surface area contributed by atoms with Gasteiger partial charge in [-0.05, 0) is 39.3 Å². The molecule has 1 aromatic rings. The molecule has 2 aliphatic rings. The van der Waals surface area contributed by atoms with Crippen molar-refractivity contribution in [3.8, 4) is 0 Å². The summed E-state index contributed by atoms with van der Waals surface area (Å²) >= 11 is 0. The van der Waals surface area contributed by atoms with Crippen molar-refractivity contribution in [1.82, 2.24) is 19.8 Å². The molecule has 6 nitrogen and oxygen atoms in total. The topological polar surface area (TPSA) is 58.6 Å². The van der Waals surface area contributed by atoms with Crippen LogP contribution in [-0.4, -0.2) is 71.6 Å². The Bertz CT molecular complexity index is 522. The molecule has 2 saturated heterocycles. The number of hydrogen-bond acceptors (Lipinski definition) is 5. The van der Waals surface area contributed by atoms with E-state index in [1.165, 1.54) is 6.20 Å². The van der Waals surface area contributed by atoms with Crippen LogP contribution < -0.4 is 0 Å². The standard InChI is InChI=1S/C16H24N4O2/c1-19(2)10-13-8-16(22-11-13)4-3-7-20(12-16)15(21)14-9-17-5-6-18-14/h5-6,9,13H,3-4,7-8,10-12H2,1-2H3/t13-,16+/m1/s1. The molecule has 3 heterocycles. The van der Waals surface area contributed by atoms with Gasteiger partial charge in [-0.1, -0.05) is 0 Å². The van der Waals surface area contributed by atoms with Gasteiger partial charge in [0, 0.05) is 25.5 Å². The highest BCUT2D eigenvalue weighted by molar-refractivity contribution is 5.92. The Balaban J connectivity index is 1.66. The molecule has 120 valence electrons. The van der Waals surface area contributed by atoms with Crippen LogP contribution in [0.25, 0.3) is 0 Å². The summed E-state index contributed by atoms with van der Waals surface area (Å²) in [7, 11) is 4.19. The first kappa shape index (κ1) is 15.4. The first-order valence-corrected chi connectivity index (χ1v) is 7.92. The monoisotopic (exact) mass is 304 g/mol. The van der Waals surface area contributed by atoms with E-state index in [1.54, 1.807) is 12.4 Å². The minimum Gasteiger partial charge on any atom is -0.373 e. The third kappa shape index (κ3) is 3.28. The summed E-state index contributed by atoms with van der Waals surface area (Å²) in [6.07, 6.45) is 7.75. The number of carbonyl (C=O) groups excluding carboxylic acids is 1. The van der Waals surface area contributed by atoms with Crippen LogP contribution in [0.3, 0.4) is 0 Å². The number of carbonyl (C=O) groups is 1. The van der Waals surface area contributed by atoms with E-state index in [1.807, 2.05) is 4.90 Å². The molecular formula is C16H24N4O2. The average Bonchev–Trinajstić information content (AvgIpc) is 2.88. The second kappa shape index (κ2) is 6.30. The Morgan fingerprint density at radius 1 is 1.50 bits per heavy atom. The van der Waals surface area contributed by atoms with Crippen molar-refractivity contribution < 1.29 is 9.53 Å². The average molecular weight is 304 g/mol. The minimum absolute atomic E-state index is 0.0353. The van der Waals surface area contributed by atoms with E-state index < -0.39 is 0 Å². The van der Waals surface area contributed by atoms with E-state index in [-0.39, 0.29) is 11.5 Å². The number of hydrogen-bond donors (Lipinski definition) is 0. The zero-order valence-corrected chi connectivity index (χ0v) is 13.4. The molecule has 0 bridgehead atoms. The first-order chi connectivity index (χ1) is 10.6. The van der Waals surface area contributed by atoms with Gasteiger partial charge < -0.3 is 14.5 Å². The van der Waals surface area contributed by atoms with Gasteiger partial charge in [0.1, 0.15) is 5.69 Å². The number of amides is 1. The fraction of sp³-hybridized carbons (Fsp3) is 0.688. The Kier molecular flexibility index (Phi) is 4.40. The van der Waals surface area contributed by atoms with Gasteiger partial charge in [-0.2, -0.15) is 0 Å². The van der Waals surface area contributed by atoms with Crippen LogP contribution in [0.15, 0.2) is 18.6 Å². The highest BCUT2D eigenvalue weighted by Gasteiger charge is 2.44. The predicted octanol–water partition coefficient (Wildman–Crippen LogP) is 1.05. The summed E-state index contributed by atoms with van der Waals surface area (Å²) in [5.74, 6) is 0.522. The van der Waals surface area contributed by atoms with Crippen LogP contribution in [0, 0.1) is 5.92 Å². The quantitative estimate of drug-likeness (QED) is 0.835. The first-order valence-electron chi connectivity index (χ1n) is 7.92. The van der Waals surface area contributed by atoms with Crippen molar-refractivity contribution >= 4 is 5.91 Å². The molecule has 1 amide bonds. The van der Waals surface area contributed by atoms with Gasteiger partial charge in [0.05, 0.1) is 24.9 Å². The fourth-order valence-electron chi connectivity index (χ4n) is 3.70. The Labute approximate surface area is 131 Å². The van der Waals surface area contributed by atoms with Gasteiger partial charge >= 0.3 is 0 Å². The lowest BCUT2D eigenvalue weighted by Crippen LogP contribution is -2.50. The minimum atomic E-state index is -0.156. The fourth-order valence-corrected chi connectivity index (χ4v) is 3.70. The molecule has 2 aliphatic heterocycles. The van der Waals surface area contributed by atoms with E-state index in [2.05, 4.69) is 29.0 Å². The Hall–Kier alpha value is -1.53. The van der Waals surface area contributed by atoms with Crippen molar-refractivity contribution in [2.45, 2.75) is 24.9 Å². The molecule has 0 N–H and O–H groups in total. The van der Waals surface area contributed by atoms with Gasteiger partial charge in [-0.3, -0.25) is 9.78 Å². The van der Waals surface area contributed by atoms with Crippen molar-refractivity contribution in [2.75, 3.05) is 40.3 Å². The highest BCUT2D eigenvalue weighted by atomic mass is 16.5. The third-order valence-corrected chi connectivity index (χ3v) is 4.52. The van der Waals surface area contributed by atoms with Gasteiger partial charge in [-0.15, -0.1) is 0 Å². The zero-order valence-electron chi connectivity index (χ0n) is 13.4. The van der Waals surface area contributed by atoms with Crippen LogP contribution in [0.2, 0.25) is 0 Å². The van der Waals surface area contributed by atoms with E-state index in [0.717, 1.165) is 39.0 Å². The summed E-state index contributed by atoms with van der Waals surface area (Å²) in [6, 6.07) is 0. The van der Waals surface area contributed by atoms with Crippen LogP contribution in [0.5, 0.6) is 0 Å². The van der Waals surface area contributed by atoms with Crippen LogP contribution in [-0.2, 0) is 4.74 Å². The maximum atomic E-state index is 12.6. The third-order valence-electron chi connectivity index (χ3n) is 4.52. The lowest BCUT2D eigenvalue weighted by atomic mass is 9.86. The van der Waals surface area contributed by atoms with Gasteiger partial charge in [0.2, 0.25) is 0 Å². The summed E-state index contributed by atoms with van der Waals surface area (Å²) in [6.45, 7) is 3.29. The van der Waals surface area contributed by atoms with Gasteiger partial charge in [0.25, 0.3) is 5.91 Å². The maximum absolute atomic E-state index is 12.6. The Morgan fingerprint density at radius 2 is 2.36 bits per heavy atom. The normalized spacial score (nSPS) is 28.5. The van der Waals surface area contributed by atoms with E-state index in [4.69, 9.17) is 4.74 Å². The molecule has 0 aromatic carbocycles. The molecule has 0 aliphatic carbocycles. The van der Waals surface area contributed by atoms with E-state index in [0.29, 0.717) is 18.2 Å². The molecule has 6 heteroatoms. The SMILES string of the molecule is CN(C)C[C@@H]1CO[C@@]2(CCCN(C(=O)c3cnccn3)C2)C1. The molecular weight excluding hydrogens is 280 g/mol. The van der Waals surface area contributed by atoms with Crippen LogP contribution in [0.4, 0.5) is 0 Å². The van der Waals surface area contributed by atoms with E-state index >= 15 is 0 Å². The van der Waals surface area contributed by atoms with Crippen molar-refractivity contribution in [2.24, 2.45) is 5.92 Å². The van der Waals surface area contributed by atoms with Crippen molar-refractivity contribution in [3.63, 3.8) is 0 Å². The lowest BCUT2D eigenvalue weighted by molar-refractivity contribution is -0.0451. The van der Waals surface area contributed by atoms with E-state index in [9.17, 15) is 4.79 Å². The predicted molar refractivity (Wildman–Crippen MR) is 82.5 cm³/mol. The van der Waals surface area contributed by atoms with Crippen molar-refractivity contribution in [3.05, 3.63) is 24.3 Å². The molecule has 1 aromatic heterocycles. The van der Waals surface area contributed by atoms with Crippen LogP contribution >= 0.6 is 0 Å². The smallest absolute Gasteiger partial charge is 0.274 e. The Morgan fingerprint density at radius 3 is 3.09 bits per heavy atom. The number of likely N-dealkylation sites (tertiary alicyclic amines) is 1. The lowest BCUT2D eigenvalue weighted by Gasteiger charge is -2.39. The van der Waals surface area contributed by atoms with Gasteiger partial charge in [-0.25, -0.2) is 4.98 Å². The highest BCUT2D eigenvalue weighted by Crippen LogP contribution is 2.37.